The molecule has 3 nitrogen and oxygen atoms in total. The number of hydrogen-bond acceptors (Lipinski definition) is 5. The van der Waals surface area contributed by atoms with Crippen LogP contribution in [0.3, 0.4) is 0 Å². The minimum Gasteiger partial charge on any atom is -0.497 e. The average Bonchev–Trinajstić information content (AvgIpc) is 2.94. The predicted octanol–water partition coefficient (Wildman–Crippen LogP) is 4.93. The van der Waals surface area contributed by atoms with Gasteiger partial charge in [-0.2, -0.15) is 0 Å². The summed E-state index contributed by atoms with van der Waals surface area (Å²) in [6.45, 7) is 0. The van der Waals surface area contributed by atoms with Crippen molar-refractivity contribution in [3.63, 3.8) is 0 Å². The third kappa shape index (κ3) is 3.43. The first-order chi connectivity index (χ1) is 10.7. The summed E-state index contributed by atoms with van der Waals surface area (Å²) < 4.78 is 7.03. The number of nitrogens with zero attached hydrogens (tertiary/aromatic N) is 1. The van der Waals surface area contributed by atoms with Crippen LogP contribution in [0, 0.1) is 0 Å². The highest BCUT2D eigenvalue weighted by molar-refractivity contribution is 8.01. The van der Waals surface area contributed by atoms with Gasteiger partial charge in [0.1, 0.15) is 5.75 Å². The first-order valence-electron chi connectivity index (χ1n) is 6.52. The molecule has 1 aromatic heterocycles. The highest BCUT2D eigenvalue weighted by Gasteiger charge is 2.10. The van der Waals surface area contributed by atoms with Crippen molar-refractivity contribution in [3.8, 4) is 5.75 Å². The Balaban J connectivity index is 1.68. The summed E-state index contributed by atoms with van der Waals surface area (Å²) >= 11 is 8.97. The molecule has 3 aromatic rings. The van der Waals surface area contributed by atoms with Crippen molar-refractivity contribution < 1.29 is 9.53 Å². The summed E-state index contributed by atoms with van der Waals surface area (Å²) in [4.78, 5) is 16.7. The molecule has 0 bridgehead atoms. The van der Waals surface area contributed by atoms with Crippen LogP contribution < -0.4 is 4.74 Å². The van der Waals surface area contributed by atoms with Crippen LogP contribution in [0.1, 0.15) is 10.4 Å². The zero-order valence-corrected chi connectivity index (χ0v) is 14.1. The number of rotatable bonds is 5. The molecule has 0 aliphatic rings. The Morgan fingerprint density at radius 3 is 2.77 bits per heavy atom. The first kappa shape index (κ1) is 15.3. The van der Waals surface area contributed by atoms with E-state index in [0.717, 1.165) is 20.3 Å². The van der Waals surface area contributed by atoms with Crippen molar-refractivity contribution in [2.24, 2.45) is 0 Å². The van der Waals surface area contributed by atoms with Gasteiger partial charge >= 0.3 is 0 Å². The molecule has 0 radical (unpaired) electrons. The molecular formula is C16H12ClNO2S2. The van der Waals surface area contributed by atoms with Crippen molar-refractivity contribution >= 4 is 50.7 Å². The minimum atomic E-state index is 0.0740. The Hall–Kier alpha value is -1.56. The second-order valence-electron chi connectivity index (χ2n) is 4.53. The van der Waals surface area contributed by atoms with Crippen LogP contribution in [-0.2, 0) is 0 Å². The lowest BCUT2D eigenvalue weighted by Gasteiger charge is -2.02. The van der Waals surface area contributed by atoms with Gasteiger partial charge in [0.15, 0.2) is 10.1 Å². The molecule has 0 saturated carbocycles. The minimum absolute atomic E-state index is 0.0740. The number of hydrogen-bond donors (Lipinski definition) is 0. The molecule has 0 atom stereocenters. The van der Waals surface area contributed by atoms with E-state index in [1.165, 1.54) is 11.8 Å². The van der Waals surface area contributed by atoms with E-state index >= 15 is 0 Å². The van der Waals surface area contributed by atoms with Crippen molar-refractivity contribution in [2.45, 2.75) is 4.34 Å². The maximum Gasteiger partial charge on any atom is 0.173 e. The number of Topliss-reactive ketones (excluding diaryl/α,β-unsaturated/α-hetero) is 1. The molecule has 22 heavy (non-hydrogen) atoms. The Bertz CT molecular complexity index is 815. The van der Waals surface area contributed by atoms with Crippen molar-refractivity contribution in [2.75, 3.05) is 12.9 Å². The second kappa shape index (κ2) is 6.69. The number of ether oxygens (including phenoxy) is 1. The lowest BCUT2D eigenvalue weighted by Crippen LogP contribution is -2.01. The number of halogens is 1. The lowest BCUT2D eigenvalue weighted by molar-refractivity contribution is 0.102. The lowest BCUT2D eigenvalue weighted by atomic mass is 10.1. The molecule has 6 heteroatoms. The van der Waals surface area contributed by atoms with Gasteiger partial charge in [-0.3, -0.25) is 4.79 Å². The third-order valence-corrected chi connectivity index (χ3v) is 5.48. The maximum atomic E-state index is 12.2. The predicted molar refractivity (Wildman–Crippen MR) is 92.7 cm³/mol. The number of aromatic nitrogens is 1. The van der Waals surface area contributed by atoms with Crippen molar-refractivity contribution in [1.82, 2.24) is 4.98 Å². The third-order valence-electron chi connectivity index (χ3n) is 3.07. The Labute approximate surface area is 141 Å². The average molecular weight is 350 g/mol. The van der Waals surface area contributed by atoms with Crippen LogP contribution in [0.2, 0.25) is 5.02 Å². The van der Waals surface area contributed by atoms with Crippen molar-refractivity contribution in [1.29, 1.82) is 0 Å². The zero-order chi connectivity index (χ0) is 15.5. The zero-order valence-electron chi connectivity index (χ0n) is 11.7. The van der Waals surface area contributed by atoms with Crippen LogP contribution in [0.5, 0.6) is 5.75 Å². The van der Waals surface area contributed by atoms with Gasteiger partial charge in [-0.05, 0) is 42.5 Å². The molecule has 112 valence electrons. The summed E-state index contributed by atoms with van der Waals surface area (Å²) in [6.07, 6.45) is 0. The van der Waals surface area contributed by atoms with E-state index in [1.807, 2.05) is 18.2 Å². The number of thiazole rings is 1. The normalized spacial score (nSPS) is 10.8. The molecule has 0 spiro atoms. The maximum absolute atomic E-state index is 12.2. The molecule has 2 aromatic carbocycles. The molecule has 0 saturated heterocycles. The quantitative estimate of drug-likeness (QED) is 0.483. The number of methoxy groups -OCH3 is 1. The molecular weight excluding hydrogens is 338 g/mol. The summed E-state index contributed by atoms with van der Waals surface area (Å²) in [5.74, 6) is 1.18. The number of fused-ring (bicyclic) bond motifs is 1. The standard InChI is InChI=1S/C16H12ClNO2S2/c1-20-12-5-2-10(3-6-12)14(19)9-21-16-18-13-8-11(17)4-7-15(13)22-16/h2-8H,9H2,1H3. The molecule has 0 unspecified atom stereocenters. The first-order valence-corrected chi connectivity index (χ1v) is 8.70. The Kier molecular flexibility index (Phi) is 4.66. The van der Waals surface area contributed by atoms with Gasteiger partial charge in [0, 0.05) is 10.6 Å². The topological polar surface area (TPSA) is 39.2 Å². The van der Waals surface area contributed by atoms with Gasteiger partial charge < -0.3 is 4.74 Å². The van der Waals surface area contributed by atoms with E-state index in [1.54, 1.807) is 42.7 Å². The number of ketones is 1. The van der Waals surface area contributed by atoms with Crippen LogP contribution >= 0.6 is 34.7 Å². The smallest absolute Gasteiger partial charge is 0.173 e. The SMILES string of the molecule is COc1ccc(C(=O)CSc2nc3cc(Cl)ccc3s2)cc1. The fraction of sp³-hybridized carbons (Fsp3) is 0.125. The van der Waals surface area contributed by atoms with E-state index in [-0.39, 0.29) is 5.78 Å². The Morgan fingerprint density at radius 1 is 1.27 bits per heavy atom. The molecule has 3 rings (SSSR count). The molecule has 0 fully saturated rings. The van der Waals surface area contributed by atoms with Crippen LogP contribution in [-0.4, -0.2) is 23.6 Å². The van der Waals surface area contributed by atoms with E-state index in [4.69, 9.17) is 16.3 Å². The summed E-state index contributed by atoms with van der Waals surface area (Å²) in [5, 5.41) is 0.670. The largest absolute Gasteiger partial charge is 0.497 e. The van der Waals surface area contributed by atoms with Crippen LogP contribution in [0.15, 0.2) is 46.8 Å². The van der Waals surface area contributed by atoms with E-state index < -0.39 is 0 Å². The highest BCUT2D eigenvalue weighted by atomic mass is 35.5. The van der Waals surface area contributed by atoms with E-state index in [0.29, 0.717) is 16.3 Å². The van der Waals surface area contributed by atoms with Crippen LogP contribution in [0.25, 0.3) is 10.2 Å². The van der Waals surface area contributed by atoms with Crippen LogP contribution in [0.4, 0.5) is 0 Å². The molecule has 0 N–H and O–H groups in total. The monoisotopic (exact) mass is 349 g/mol. The van der Waals surface area contributed by atoms with Gasteiger partial charge in [-0.1, -0.05) is 23.4 Å². The van der Waals surface area contributed by atoms with Gasteiger partial charge in [0.2, 0.25) is 0 Å². The molecule has 0 amide bonds. The number of carbonyl (C=O) groups is 1. The number of benzene rings is 2. The van der Waals surface area contributed by atoms with Gasteiger partial charge in [-0.15, -0.1) is 11.3 Å². The number of carbonyl (C=O) groups excluding carboxylic acids is 1. The molecule has 0 aliphatic heterocycles. The summed E-state index contributed by atoms with van der Waals surface area (Å²) in [6, 6.07) is 12.8. The Morgan fingerprint density at radius 2 is 2.05 bits per heavy atom. The van der Waals surface area contributed by atoms with Gasteiger partial charge in [-0.25, -0.2) is 4.98 Å². The summed E-state index contributed by atoms with van der Waals surface area (Å²) in [5.41, 5.74) is 1.55. The second-order valence-corrected chi connectivity index (χ2v) is 7.22. The fourth-order valence-electron chi connectivity index (χ4n) is 1.93. The van der Waals surface area contributed by atoms with E-state index in [2.05, 4.69) is 4.98 Å². The number of thioether (sulfide) groups is 1. The highest BCUT2D eigenvalue weighted by Crippen LogP contribution is 2.31. The summed E-state index contributed by atoms with van der Waals surface area (Å²) in [7, 11) is 1.60. The molecule has 0 aliphatic carbocycles. The van der Waals surface area contributed by atoms with Gasteiger partial charge in [0.25, 0.3) is 0 Å². The van der Waals surface area contributed by atoms with Crippen molar-refractivity contribution in [3.05, 3.63) is 53.1 Å². The van der Waals surface area contributed by atoms with E-state index in [9.17, 15) is 4.79 Å². The van der Waals surface area contributed by atoms with Gasteiger partial charge in [0.05, 0.1) is 23.1 Å². The molecule has 1 heterocycles. The fourth-order valence-corrected chi connectivity index (χ4v) is 4.04.